The summed E-state index contributed by atoms with van der Waals surface area (Å²) in [5.41, 5.74) is 7.57. The van der Waals surface area contributed by atoms with Crippen molar-refractivity contribution in [3.8, 4) is 11.5 Å². The number of benzene rings is 4. The third-order valence-electron chi connectivity index (χ3n) is 11.1. The molecule has 0 bridgehead atoms. The van der Waals surface area contributed by atoms with E-state index in [0.717, 1.165) is 33.1 Å². The van der Waals surface area contributed by atoms with Gasteiger partial charge in [0.2, 0.25) is 0 Å². The fourth-order valence-electron chi connectivity index (χ4n) is 7.51. The molecular formula is C50H74O2S2Si2Zr-2. The Morgan fingerprint density at radius 2 is 0.895 bits per heavy atom. The van der Waals surface area contributed by atoms with Gasteiger partial charge in [-0.2, -0.15) is 49.2 Å². The molecule has 3 unspecified atom stereocenters. The van der Waals surface area contributed by atoms with Crippen LogP contribution in [0.25, 0.3) is 0 Å². The van der Waals surface area contributed by atoms with Crippen LogP contribution in [0.3, 0.4) is 0 Å². The summed E-state index contributed by atoms with van der Waals surface area (Å²) in [6, 6.07) is 29.2. The van der Waals surface area contributed by atoms with Crippen LogP contribution >= 0.6 is 14.2 Å². The minimum Gasteiger partial charge on any atom is -0.199 e. The molecule has 2 aliphatic rings. The van der Waals surface area contributed by atoms with Crippen molar-refractivity contribution >= 4 is 40.8 Å². The summed E-state index contributed by atoms with van der Waals surface area (Å²) >= 11 is -0.755. The summed E-state index contributed by atoms with van der Waals surface area (Å²) in [5, 5.41) is 27.7. The maximum absolute atomic E-state index is 11.8. The second-order valence-corrected chi connectivity index (χ2v) is 46.0. The normalized spacial score (nSPS) is 19.9. The van der Waals surface area contributed by atoms with Crippen LogP contribution < -0.4 is 10.4 Å². The van der Waals surface area contributed by atoms with Crippen molar-refractivity contribution in [2.24, 2.45) is 0 Å². The van der Waals surface area contributed by atoms with Gasteiger partial charge in [-0.15, -0.1) is 24.3 Å². The zero-order chi connectivity index (χ0) is 42.3. The molecule has 1 heterocycles. The van der Waals surface area contributed by atoms with Crippen LogP contribution in [0, 0.1) is 13.8 Å². The summed E-state index contributed by atoms with van der Waals surface area (Å²) in [6.45, 7) is 35.6. The van der Waals surface area contributed by atoms with Gasteiger partial charge in [0.1, 0.15) is 0 Å². The summed E-state index contributed by atoms with van der Waals surface area (Å²) < 4.78 is 0. The quantitative estimate of drug-likeness (QED) is 0.149. The second kappa shape index (κ2) is 20.2. The average molecular weight is 919 g/mol. The average Bonchev–Trinajstić information content (AvgIpc) is 3.39. The molecule has 0 aromatic heterocycles. The number of fused-ring (bicyclic) bond motifs is 1. The van der Waals surface area contributed by atoms with Crippen LogP contribution in [-0.4, -0.2) is 36.9 Å². The van der Waals surface area contributed by atoms with Crippen molar-refractivity contribution in [2.45, 2.75) is 152 Å². The SMILES string of the molecule is CC(C)(C)c1cc(C[S]2=[Zr]=[S](Cc3cc(C(C)(C)C)cc([Si](C)(C)C)c3O)[C@H]3CCCCCCC32)c(O)c([Si](C)(C)C)c1.[CH2-]c1ccccc1.[CH2-]c1ccccc1. The minimum atomic E-state index is -1.69. The summed E-state index contributed by atoms with van der Waals surface area (Å²) in [7, 11) is -2.55. The summed E-state index contributed by atoms with van der Waals surface area (Å²) in [4.78, 5) is 0. The van der Waals surface area contributed by atoms with Crippen LogP contribution in [0.1, 0.15) is 113 Å². The first-order valence-electron chi connectivity index (χ1n) is 21.1. The van der Waals surface area contributed by atoms with Gasteiger partial charge in [0, 0.05) is 0 Å². The number of phenolic OH excluding ortho intramolecular Hbond substituents is 2. The van der Waals surface area contributed by atoms with Crippen molar-refractivity contribution in [1.29, 1.82) is 0 Å². The minimum absolute atomic E-state index is 0.0757. The molecule has 0 saturated heterocycles. The third kappa shape index (κ3) is 13.9. The molecule has 1 aliphatic heterocycles. The van der Waals surface area contributed by atoms with Gasteiger partial charge in [-0.25, -0.2) is 0 Å². The molecule has 4 aromatic carbocycles. The van der Waals surface area contributed by atoms with E-state index in [0.29, 0.717) is 25.7 Å². The summed E-state index contributed by atoms with van der Waals surface area (Å²) in [6.07, 6.45) is 8.29. The zero-order valence-corrected chi connectivity index (χ0v) is 43.6. The van der Waals surface area contributed by atoms with Gasteiger partial charge in [-0.05, 0) is 0 Å². The van der Waals surface area contributed by atoms with Crippen molar-refractivity contribution < 1.29 is 29.4 Å². The topological polar surface area (TPSA) is 40.5 Å². The third-order valence-corrected chi connectivity index (χ3v) is 36.9. The van der Waals surface area contributed by atoms with Crippen LogP contribution in [0.2, 0.25) is 39.3 Å². The van der Waals surface area contributed by atoms with E-state index in [-0.39, 0.29) is 10.8 Å². The van der Waals surface area contributed by atoms with Crippen molar-refractivity contribution in [3.05, 3.63) is 132 Å². The summed E-state index contributed by atoms with van der Waals surface area (Å²) in [5.74, 6) is 3.45. The van der Waals surface area contributed by atoms with Gasteiger partial charge in [0.15, 0.2) is 0 Å². The Morgan fingerprint density at radius 1 is 0.561 bits per heavy atom. The smallest absolute Gasteiger partial charge is 0.0866 e. The van der Waals surface area contributed by atoms with Crippen molar-refractivity contribution in [1.82, 2.24) is 0 Å². The standard InChI is InChI=1S/C36H60O2S2Si2.2C7H7.Zr/c1-35(2,3)27-19-25(33(37)31(21-27)41(7,8)9)23-39-29-17-15-13-14-16-18-30(29)40-24-26-20-28(36(4,5)6)22-32(34(26)38)42(10,11)12;2*1-7-5-3-2-4-6-7;/h19-22,29-30,37-38H,13-18,23-24H2,1-12H3;2*2-6H,1H2;/q;2*-1;/t29-,30?;;;/m0.../s1. The van der Waals surface area contributed by atoms with Gasteiger partial charge in [-0.3, -0.25) is 0 Å². The maximum Gasteiger partial charge on any atom is -0.0866 e. The van der Waals surface area contributed by atoms with Gasteiger partial charge in [0.05, 0.1) is 0 Å². The van der Waals surface area contributed by atoms with Gasteiger partial charge in [-0.1, -0.05) is 12.1 Å². The van der Waals surface area contributed by atoms with Crippen LogP contribution in [-0.2, 0) is 41.5 Å². The molecule has 2 N–H and O–H groups in total. The molecule has 312 valence electrons. The van der Waals surface area contributed by atoms with E-state index in [9.17, 15) is 10.2 Å². The molecule has 0 spiro atoms. The van der Waals surface area contributed by atoms with Crippen molar-refractivity contribution in [2.75, 3.05) is 0 Å². The number of aromatic hydroxyl groups is 2. The van der Waals surface area contributed by atoms with Gasteiger partial charge >= 0.3 is 280 Å². The van der Waals surface area contributed by atoms with Crippen LogP contribution in [0.4, 0.5) is 0 Å². The predicted octanol–water partition coefficient (Wildman–Crippen LogP) is 13.8. The van der Waals surface area contributed by atoms with Crippen LogP contribution in [0.5, 0.6) is 11.5 Å². The van der Waals surface area contributed by atoms with Gasteiger partial charge in [0.25, 0.3) is 0 Å². The molecule has 1 saturated carbocycles. The van der Waals surface area contributed by atoms with Gasteiger partial charge < -0.3 is 0 Å². The molecule has 6 rings (SSSR count). The Morgan fingerprint density at radius 3 is 1.16 bits per heavy atom. The predicted molar refractivity (Wildman–Crippen MR) is 259 cm³/mol. The van der Waals surface area contributed by atoms with Crippen molar-refractivity contribution in [3.63, 3.8) is 0 Å². The molecule has 1 aliphatic carbocycles. The molecule has 4 atom stereocenters. The van der Waals surface area contributed by atoms with E-state index in [4.69, 9.17) is 0 Å². The van der Waals surface area contributed by atoms with E-state index in [1.807, 2.05) is 60.7 Å². The van der Waals surface area contributed by atoms with E-state index in [2.05, 4.69) is 119 Å². The van der Waals surface area contributed by atoms with E-state index in [1.165, 1.54) is 71.2 Å². The number of phenols is 2. The number of hydrogen-bond acceptors (Lipinski definition) is 2. The molecule has 57 heavy (non-hydrogen) atoms. The zero-order valence-electron chi connectivity index (χ0n) is 37.5. The molecule has 1 fully saturated rings. The first-order valence-corrected chi connectivity index (χ1v) is 37.0. The van der Waals surface area contributed by atoms with Crippen LogP contribution in [0.15, 0.2) is 84.9 Å². The number of hydrogen-bond donors (Lipinski definition) is 2. The second-order valence-electron chi connectivity index (χ2n) is 20.3. The Bertz CT molecular complexity index is 1870. The van der Waals surface area contributed by atoms with E-state index in [1.54, 1.807) is 0 Å². The molecule has 2 nitrogen and oxygen atoms in total. The maximum atomic E-state index is 11.8. The molecule has 4 aromatic rings. The van der Waals surface area contributed by atoms with E-state index >= 15 is 0 Å². The Labute approximate surface area is 363 Å². The largest absolute Gasteiger partial charge is 0.199 e. The Balaban J connectivity index is 0.000000428. The monoisotopic (exact) mass is 916 g/mol. The first-order chi connectivity index (χ1) is 26.5. The molecule has 0 amide bonds. The fourth-order valence-corrected chi connectivity index (χ4v) is 39.3. The molecular weight excluding hydrogens is 844 g/mol. The molecule has 7 heteroatoms. The Hall–Kier alpha value is -1.76. The Kier molecular flexibility index (Phi) is 17.0. The first kappa shape index (κ1) is 47.9. The molecule has 0 radical (unpaired) electrons. The number of rotatable bonds is 6. The fraction of sp³-hybridized carbons (Fsp3) is 0.480. The van der Waals surface area contributed by atoms with E-state index < -0.39 is 35.3 Å².